The summed E-state index contributed by atoms with van der Waals surface area (Å²) >= 11 is 3.48. The zero-order valence-electron chi connectivity index (χ0n) is 11.5. The van der Waals surface area contributed by atoms with Gasteiger partial charge in [-0.1, -0.05) is 19.9 Å². The minimum Gasteiger partial charge on any atom is -0.493 e. The van der Waals surface area contributed by atoms with E-state index in [2.05, 4.69) is 15.9 Å². The first-order valence-corrected chi connectivity index (χ1v) is 7.40. The van der Waals surface area contributed by atoms with Gasteiger partial charge in [0.2, 0.25) is 0 Å². The fraction of sp³-hybridized carbons (Fsp3) is 0.533. The smallest absolute Gasteiger partial charge is 0.175 e. The van der Waals surface area contributed by atoms with Crippen LogP contribution in [0.15, 0.2) is 22.7 Å². The van der Waals surface area contributed by atoms with Gasteiger partial charge < -0.3 is 9.47 Å². The van der Waals surface area contributed by atoms with Crippen molar-refractivity contribution in [2.75, 3.05) is 7.11 Å². The lowest BCUT2D eigenvalue weighted by atomic mass is 9.61. The SMILES string of the molecule is CCC1(CC)C(=O)CC1Oc1c(Br)cccc1OC. The maximum absolute atomic E-state index is 11.9. The Hall–Kier alpha value is -1.03. The number of carbonyl (C=O) groups excluding carboxylic acids is 1. The van der Waals surface area contributed by atoms with Crippen LogP contribution < -0.4 is 9.47 Å². The van der Waals surface area contributed by atoms with Crippen molar-refractivity contribution >= 4 is 21.7 Å². The molecular formula is C15H19BrO3. The normalized spacial score (nSPS) is 20.8. The van der Waals surface area contributed by atoms with E-state index < -0.39 is 0 Å². The number of Topliss-reactive ketones (excluding diaryl/α,β-unsaturated/α-hetero) is 1. The van der Waals surface area contributed by atoms with Crippen molar-refractivity contribution < 1.29 is 14.3 Å². The zero-order valence-corrected chi connectivity index (χ0v) is 13.1. The third-order valence-electron chi connectivity index (χ3n) is 4.22. The largest absolute Gasteiger partial charge is 0.493 e. The molecule has 104 valence electrons. The lowest BCUT2D eigenvalue weighted by Crippen LogP contribution is -2.56. The van der Waals surface area contributed by atoms with Crippen molar-refractivity contribution in [1.29, 1.82) is 0 Å². The van der Waals surface area contributed by atoms with Crippen LogP contribution in [0.1, 0.15) is 33.1 Å². The lowest BCUT2D eigenvalue weighted by Gasteiger charge is -2.46. The van der Waals surface area contributed by atoms with E-state index in [1.165, 1.54) is 0 Å². The molecule has 1 fully saturated rings. The van der Waals surface area contributed by atoms with Crippen molar-refractivity contribution in [2.45, 2.75) is 39.2 Å². The number of methoxy groups -OCH3 is 1. The first kappa shape index (κ1) is 14.4. The Kier molecular flexibility index (Phi) is 4.19. The number of carbonyl (C=O) groups is 1. The Labute approximate surface area is 122 Å². The second-order valence-corrected chi connectivity index (χ2v) is 5.72. The van der Waals surface area contributed by atoms with Crippen LogP contribution in [0.3, 0.4) is 0 Å². The van der Waals surface area contributed by atoms with Crippen molar-refractivity contribution in [1.82, 2.24) is 0 Å². The highest BCUT2D eigenvalue weighted by molar-refractivity contribution is 9.10. The lowest BCUT2D eigenvalue weighted by molar-refractivity contribution is -0.153. The fourth-order valence-corrected chi connectivity index (χ4v) is 3.22. The summed E-state index contributed by atoms with van der Waals surface area (Å²) in [7, 11) is 1.62. The van der Waals surface area contributed by atoms with Gasteiger partial charge in [0.05, 0.1) is 17.0 Å². The van der Waals surface area contributed by atoms with Gasteiger partial charge in [0.15, 0.2) is 11.5 Å². The third-order valence-corrected chi connectivity index (χ3v) is 4.84. The van der Waals surface area contributed by atoms with Crippen LogP contribution >= 0.6 is 15.9 Å². The summed E-state index contributed by atoms with van der Waals surface area (Å²) in [6.07, 6.45) is 2.08. The van der Waals surface area contributed by atoms with Crippen LogP contribution in [-0.2, 0) is 4.79 Å². The molecule has 1 saturated carbocycles. The number of rotatable bonds is 5. The first-order valence-electron chi connectivity index (χ1n) is 6.61. The standard InChI is InChI=1S/C15H19BrO3/c1-4-15(5-2)12(17)9-13(15)19-14-10(16)7-6-8-11(14)18-3/h6-8,13H,4-5,9H2,1-3H3. The van der Waals surface area contributed by atoms with Gasteiger partial charge in [0, 0.05) is 6.42 Å². The monoisotopic (exact) mass is 326 g/mol. The van der Waals surface area contributed by atoms with E-state index in [0.717, 1.165) is 17.3 Å². The number of para-hydroxylation sites is 1. The highest BCUT2D eigenvalue weighted by Crippen LogP contribution is 2.48. The molecule has 3 nitrogen and oxygen atoms in total. The Balaban J connectivity index is 2.25. The van der Waals surface area contributed by atoms with Gasteiger partial charge in [0.1, 0.15) is 11.9 Å². The first-order chi connectivity index (χ1) is 9.08. The van der Waals surface area contributed by atoms with Crippen LogP contribution in [0, 0.1) is 5.41 Å². The molecular weight excluding hydrogens is 308 g/mol. The summed E-state index contributed by atoms with van der Waals surface area (Å²) in [5.41, 5.74) is -0.319. The van der Waals surface area contributed by atoms with Crippen LogP contribution in [0.5, 0.6) is 11.5 Å². The predicted octanol–water partition coefficient (Wildman–Crippen LogP) is 3.98. The summed E-state index contributed by atoms with van der Waals surface area (Å²) in [6, 6.07) is 5.67. The van der Waals surface area contributed by atoms with Gasteiger partial charge in [0.25, 0.3) is 0 Å². The molecule has 0 amide bonds. The minimum absolute atomic E-state index is 0.0531. The Morgan fingerprint density at radius 2 is 2.05 bits per heavy atom. The predicted molar refractivity (Wildman–Crippen MR) is 77.7 cm³/mol. The second-order valence-electron chi connectivity index (χ2n) is 4.87. The van der Waals surface area contributed by atoms with Gasteiger partial charge in [-0.2, -0.15) is 0 Å². The number of ketones is 1. The molecule has 0 bridgehead atoms. The maximum Gasteiger partial charge on any atom is 0.175 e. The highest BCUT2D eigenvalue weighted by atomic mass is 79.9. The van der Waals surface area contributed by atoms with Crippen molar-refractivity contribution in [3.8, 4) is 11.5 Å². The van der Waals surface area contributed by atoms with E-state index in [1.807, 2.05) is 32.0 Å². The molecule has 2 rings (SSSR count). The van der Waals surface area contributed by atoms with E-state index in [4.69, 9.17) is 9.47 Å². The quantitative estimate of drug-likeness (QED) is 0.820. The fourth-order valence-electron chi connectivity index (χ4n) is 2.78. The number of halogens is 1. The molecule has 1 aromatic carbocycles. The van der Waals surface area contributed by atoms with Crippen LogP contribution in [0.2, 0.25) is 0 Å². The van der Waals surface area contributed by atoms with E-state index in [1.54, 1.807) is 7.11 Å². The van der Waals surface area contributed by atoms with Crippen molar-refractivity contribution in [3.63, 3.8) is 0 Å². The second kappa shape index (κ2) is 5.53. The molecule has 19 heavy (non-hydrogen) atoms. The third kappa shape index (κ3) is 2.27. The molecule has 0 aliphatic heterocycles. The minimum atomic E-state index is -0.319. The number of benzene rings is 1. The van der Waals surface area contributed by atoms with E-state index in [0.29, 0.717) is 23.7 Å². The summed E-state index contributed by atoms with van der Waals surface area (Å²) in [5, 5.41) is 0. The van der Waals surface area contributed by atoms with Gasteiger partial charge >= 0.3 is 0 Å². The van der Waals surface area contributed by atoms with Gasteiger partial charge in [-0.25, -0.2) is 0 Å². The van der Waals surface area contributed by atoms with Crippen LogP contribution in [0.4, 0.5) is 0 Å². The zero-order chi connectivity index (χ0) is 14.0. The van der Waals surface area contributed by atoms with Crippen LogP contribution in [-0.4, -0.2) is 19.0 Å². The number of hydrogen-bond donors (Lipinski definition) is 0. The van der Waals surface area contributed by atoms with Gasteiger partial charge in [-0.3, -0.25) is 4.79 Å². The molecule has 0 saturated heterocycles. The van der Waals surface area contributed by atoms with Gasteiger partial charge in [-0.15, -0.1) is 0 Å². The molecule has 1 aromatic rings. The molecule has 0 heterocycles. The summed E-state index contributed by atoms with van der Waals surface area (Å²) in [6.45, 7) is 4.10. The molecule has 1 aliphatic rings. The molecule has 1 unspecified atom stereocenters. The summed E-state index contributed by atoms with van der Waals surface area (Å²) < 4.78 is 12.3. The summed E-state index contributed by atoms with van der Waals surface area (Å²) in [4.78, 5) is 11.9. The van der Waals surface area contributed by atoms with Crippen molar-refractivity contribution in [3.05, 3.63) is 22.7 Å². The Morgan fingerprint density at radius 3 is 2.58 bits per heavy atom. The molecule has 0 radical (unpaired) electrons. The molecule has 0 aromatic heterocycles. The Bertz CT molecular complexity index is 480. The van der Waals surface area contributed by atoms with Crippen molar-refractivity contribution in [2.24, 2.45) is 5.41 Å². The molecule has 1 aliphatic carbocycles. The number of hydrogen-bond acceptors (Lipinski definition) is 3. The topological polar surface area (TPSA) is 35.5 Å². The van der Waals surface area contributed by atoms with E-state index >= 15 is 0 Å². The summed E-state index contributed by atoms with van der Waals surface area (Å²) in [5.74, 6) is 1.69. The number of ether oxygens (including phenoxy) is 2. The van der Waals surface area contributed by atoms with E-state index in [9.17, 15) is 4.79 Å². The van der Waals surface area contributed by atoms with Crippen LogP contribution in [0.25, 0.3) is 0 Å². The average Bonchev–Trinajstić information content (AvgIpc) is 2.41. The van der Waals surface area contributed by atoms with E-state index in [-0.39, 0.29) is 11.5 Å². The maximum atomic E-state index is 11.9. The average molecular weight is 327 g/mol. The molecule has 1 atom stereocenters. The molecule has 0 N–H and O–H groups in total. The Morgan fingerprint density at radius 1 is 1.37 bits per heavy atom. The van der Waals surface area contributed by atoms with Gasteiger partial charge in [-0.05, 0) is 40.9 Å². The highest BCUT2D eigenvalue weighted by Gasteiger charge is 2.54. The molecule has 0 spiro atoms. The molecule has 4 heteroatoms.